The molecule has 1 aliphatic carbocycles. The van der Waals surface area contributed by atoms with E-state index in [9.17, 15) is 0 Å². The van der Waals surface area contributed by atoms with Gasteiger partial charge in [0.25, 0.3) is 0 Å². The van der Waals surface area contributed by atoms with E-state index in [0.29, 0.717) is 5.92 Å². The molecule has 9 aromatic carbocycles. The highest BCUT2D eigenvalue weighted by molar-refractivity contribution is 8.01. The first-order valence-corrected chi connectivity index (χ1v) is 22.9. The molecule has 0 spiro atoms. The molecule has 10 aromatic rings. The van der Waals surface area contributed by atoms with Crippen molar-refractivity contribution in [2.45, 2.75) is 22.5 Å². The van der Waals surface area contributed by atoms with Gasteiger partial charge in [0.15, 0.2) is 0 Å². The Bertz CT molecular complexity index is 3360. The van der Waals surface area contributed by atoms with Gasteiger partial charge in [0.05, 0.1) is 11.0 Å². The average molecular weight is 837 g/mol. The van der Waals surface area contributed by atoms with Crippen molar-refractivity contribution >= 4 is 50.6 Å². The monoisotopic (exact) mass is 836 g/mol. The average Bonchev–Trinajstić information content (AvgIpc) is 3.86. The highest BCUT2D eigenvalue weighted by Crippen LogP contribution is 2.56. The summed E-state index contributed by atoms with van der Waals surface area (Å²) in [6.45, 7) is 2.36. The predicted octanol–water partition coefficient (Wildman–Crippen LogP) is 17.0. The van der Waals surface area contributed by atoms with Crippen LogP contribution in [0.5, 0.6) is 0 Å². The molecule has 2 unspecified atom stereocenters. The van der Waals surface area contributed by atoms with Gasteiger partial charge in [-0.3, -0.25) is 0 Å². The van der Waals surface area contributed by atoms with Crippen LogP contribution in [0.4, 0.5) is 17.1 Å². The van der Waals surface area contributed by atoms with Crippen molar-refractivity contribution < 1.29 is 0 Å². The maximum Gasteiger partial charge on any atom is 0.0547 e. The molecule has 0 saturated carbocycles. The fraction of sp³-hybridized carbons (Fsp3) is 0.0492. The second-order valence-corrected chi connectivity index (χ2v) is 18.6. The summed E-state index contributed by atoms with van der Waals surface area (Å²) < 4.78 is 2.52. The van der Waals surface area contributed by atoms with E-state index < -0.39 is 0 Å². The standard InChI is InChI=1S/C61H44N2S/c1-61-38-11-10-20-57(61)56-37-31-49(41-60(56)64-61)45-28-34-53(35-29-45)63-58-21-9-8-19-54(58)55-36-30-48(40-59(55)63)47-14-12-13-46(39-47)44-24-22-42(23-25-44)43-26-32-52(33-27-43)62(50-15-4-2-5-16-50)51-17-6-3-7-18-51/h2-41,57H,1H3. The molecule has 304 valence electrons. The van der Waals surface area contributed by atoms with Crippen LogP contribution in [0.2, 0.25) is 0 Å². The molecule has 2 heterocycles. The Balaban J connectivity index is 0.827. The SMILES string of the molecule is CC12C=CC=CC1c1ccc(-c3ccc(-n4c5ccccc5c5ccc(-c6cccc(-c7ccc(-c8ccc(N(c9ccccc9)c9ccccc9)cc8)cc7)c6)cc54)cc3)cc1S2. The Labute approximate surface area is 379 Å². The zero-order chi connectivity index (χ0) is 42.6. The van der Waals surface area contributed by atoms with E-state index >= 15 is 0 Å². The number of hydrogen-bond donors (Lipinski definition) is 0. The summed E-state index contributed by atoms with van der Waals surface area (Å²) in [6, 6.07) is 79.8. The summed E-state index contributed by atoms with van der Waals surface area (Å²) >= 11 is 1.99. The van der Waals surface area contributed by atoms with Crippen LogP contribution in [0.3, 0.4) is 0 Å². The fourth-order valence-corrected chi connectivity index (χ4v) is 11.3. The summed E-state index contributed by atoms with van der Waals surface area (Å²) in [6.07, 6.45) is 9.10. The Kier molecular flexibility index (Phi) is 9.31. The third-order valence-electron chi connectivity index (χ3n) is 13.2. The van der Waals surface area contributed by atoms with Gasteiger partial charge < -0.3 is 9.47 Å². The van der Waals surface area contributed by atoms with Crippen molar-refractivity contribution in [2.75, 3.05) is 4.90 Å². The molecule has 1 aliphatic heterocycles. The van der Waals surface area contributed by atoms with Gasteiger partial charge in [-0.1, -0.05) is 170 Å². The van der Waals surface area contributed by atoms with Gasteiger partial charge in [0, 0.05) is 49.1 Å². The zero-order valence-electron chi connectivity index (χ0n) is 35.5. The number of allylic oxidation sites excluding steroid dienone is 3. The summed E-state index contributed by atoms with van der Waals surface area (Å²) in [5.74, 6) is 0.428. The number of fused-ring (bicyclic) bond motifs is 6. The van der Waals surface area contributed by atoms with Crippen LogP contribution < -0.4 is 4.90 Å². The van der Waals surface area contributed by atoms with Crippen molar-refractivity contribution in [3.8, 4) is 50.2 Å². The molecule has 2 nitrogen and oxygen atoms in total. The predicted molar refractivity (Wildman–Crippen MR) is 272 cm³/mol. The number of para-hydroxylation sites is 3. The summed E-state index contributed by atoms with van der Waals surface area (Å²) in [5, 5.41) is 2.51. The van der Waals surface area contributed by atoms with Crippen LogP contribution in [0.1, 0.15) is 18.4 Å². The van der Waals surface area contributed by atoms with E-state index in [-0.39, 0.29) is 4.75 Å². The van der Waals surface area contributed by atoms with Gasteiger partial charge in [-0.2, -0.15) is 0 Å². The minimum atomic E-state index is 0.0900. The van der Waals surface area contributed by atoms with Gasteiger partial charge in [-0.15, -0.1) is 11.8 Å². The normalized spacial score (nSPS) is 16.2. The number of aromatic nitrogens is 1. The van der Waals surface area contributed by atoms with Crippen LogP contribution in [0.25, 0.3) is 72.0 Å². The number of thioether (sulfide) groups is 1. The number of hydrogen-bond acceptors (Lipinski definition) is 2. The lowest BCUT2D eigenvalue weighted by atomic mass is 9.83. The molecule has 0 N–H and O–H groups in total. The Morgan fingerprint density at radius 1 is 0.422 bits per heavy atom. The Morgan fingerprint density at radius 3 is 1.64 bits per heavy atom. The van der Waals surface area contributed by atoms with Crippen molar-refractivity contribution in [3.63, 3.8) is 0 Å². The number of nitrogens with zero attached hydrogens (tertiary/aromatic N) is 2. The maximum absolute atomic E-state index is 2.43. The number of anilines is 3. The first kappa shape index (κ1) is 38.1. The lowest BCUT2D eigenvalue weighted by molar-refractivity contribution is 0.702. The lowest BCUT2D eigenvalue weighted by Crippen LogP contribution is -2.22. The maximum atomic E-state index is 2.43. The molecule has 2 aliphatic rings. The van der Waals surface area contributed by atoms with Gasteiger partial charge in [-0.25, -0.2) is 0 Å². The van der Waals surface area contributed by atoms with Gasteiger partial charge in [0.2, 0.25) is 0 Å². The topological polar surface area (TPSA) is 8.17 Å². The highest BCUT2D eigenvalue weighted by Gasteiger charge is 2.41. The van der Waals surface area contributed by atoms with Crippen LogP contribution in [-0.2, 0) is 0 Å². The van der Waals surface area contributed by atoms with Gasteiger partial charge >= 0.3 is 0 Å². The van der Waals surface area contributed by atoms with Crippen LogP contribution in [0.15, 0.2) is 248 Å². The first-order valence-electron chi connectivity index (χ1n) is 22.1. The molecule has 0 amide bonds. The number of rotatable bonds is 8. The van der Waals surface area contributed by atoms with E-state index in [1.54, 1.807) is 0 Å². The smallest absolute Gasteiger partial charge is 0.0547 e. The van der Waals surface area contributed by atoms with Crippen molar-refractivity contribution in [1.29, 1.82) is 0 Å². The Morgan fingerprint density at radius 2 is 0.938 bits per heavy atom. The summed E-state index contributed by atoms with van der Waals surface area (Å²) in [5.41, 5.74) is 18.1. The molecule has 0 fully saturated rings. The molecule has 1 aromatic heterocycles. The van der Waals surface area contributed by atoms with E-state index in [2.05, 4.69) is 259 Å². The minimum Gasteiger partial charge on any atom is -0.311 e. The quantitative estimate of drug-likeness (QED) is 0.151. The highest BCUT2D eigenvalue weighted by atomic mass is 32.2. The molecule has 3 heteroatoms. The molecule has 0 bridgehead atoms. The van der Waals surface area contributed by atoms with E-state index in [4.69, 9.17) is 0 Å². The van der Waals surface area contributed by atoms with E-state index in [1.807, 2.05) is 11.8 Å². The van der Waals surface area contributed by atoms with Gasteiger partial charge in [-0.05, 0) is 130 Å². The molecule has 0 radical (unpaired) electrons. The van der Waals surface area contributed by atoms with E-state index in [1.165, 1.54) is 76.8 Å². The second kappa shape index (κ2) is 15.6. The summed E-state index contributed by atoms with van der Waals surface area (Å²) in [7, 11) is 0. The van der Waals surface area contributed by atoms with Crippen molar-refractivity contribution in [3.05, 3.63) is 248 Å². The van der Waals surface area contributed by atoms with E-state index in [0.717, 1.165) is 22.7 Å². The van der Waals surface area contributed by atoms with Crippen LogP contribution >= 0.6 is 11.8 Å². The molecule has 64 heavy (non-hydrogen) atoms. The second-order valence-electron chi connectivity index (χ2n) is 17.1. The van der Waals surface area contributed by atoms with Crippen LogP contribution in [-0.4, -0.2) is 9.31 Å². The van der Waals surface area contributed by atoms with Crippen molar-refractivity contribution in [1.82, 2.24) is 4.57 Å². The molecule has 2 atom stereocenters. The largest absolute Gasteiger partial charge is 0.311 e. The summed E-state index contributed by atoms with van der Waals surface area (Å²) in [4.78, 5) is 3.68. The van der Waals surface area contributed by atoms with Crippen molar-refractivity contribution in [2.24, 2.45) is 0 Å². The zero-order valence-corrected chi connectivity index (χ0v) is 36.3. The number of benzene rings is 9. The Hall–Kier alpha value is -7.59. The molecule has 12 rings (SSSR count). The molecular formula is C61H44N2S. The lowest BCUT2D eigenvalue weighted by Gasteiger charge is -2.27. The third-order valence-corrected chi connectivity index (χ3v) is 14.6. The third kappa shape index (κ3) is 6.68. The fourth-order valence-electron chi connectivity index (χ4n) is 9.89. The van der Waals surface area contributed by atoms with Gasteiger partial charge in [0.1, 0.15) is 0 Å². The first-order chi connectivity index (χ1) is 31.6. The molecular weight excluding hydrogens is 793 g/mol. The van der Waals surface area contributed by atoms with Crippen LogP contribution in [0, 0.1) is 0 Å². The minimum absolute atomic E-state index is 0.0900. The molecule has 0 saturated heterocycles.